The maximum Gasteiger partial charge on any atom is 0.174 e. The lowest BCUT2D eigenvalue weighted by atomic mass is 9.71. The Morgan fingerprint density at radius 1 is 1.27 bits per heavy atom. The summed E-state index contributed by atoms with van der Waals surface area (Å²) in [6.07, 6.45) is 2.93. The zero-order valence-electron chi connectivity index (χ0n) is 13.0. The number of ether oxygens (including phenoxy) is 3. The Balaban J connectivity index is 1.91. The first-order valence-electron chi connectivity index (χ1n) is 7.88. The molecular weight excluding hydrogens is 290 g/mol. The molecule has 4 unspecified atom stereocenters. The van der Waals surface area contributed by atoms with Gasteiger partial charge in [0.2, 0.25) is 0 Å². The van der Waals surface area contributed by atoms with Crippen LogP contribution in [0.1, 0.15) is 44.1 Å². The van der Waals surface area contributed by atoms with Crippen LogP contribution in [0.15, 0.2) is 18.2 Å². The highest BCUT2D eigenvalue weighted by Gasteiger charge is 2.54. The van der Waals surface area contributed by atoms with E-state index in [9.17, 15) is 8.78 Å². The van der Waals surface area contributed by atoms with Crippen LogP contribution in [0.3, 0.4) is 0 Å². The van der Waals surface area contributed by atoms with E-state index in [4.69, 9.17) is 14.2 Å². The van der Waals surface area contributed by atoms with Gasteiger partial charge >= 0.3 is 0 Å². The number of hydrogen-bond donors (Lipinski definition) is 0. The minimum absolute atomic E-state index is 0.0179. The van der Waals surface area contributed by atoms with Crippen molar-refractivity contribution >= 4 is 0 Å². The summed E-state index contributed by atoms with van der Waals surface area (Å²) in [6, 6.07) is 3.75. The van der Waals surface area contributed by atoms with Gasteiger partial charge in [-0.25, -0.2) is 8.78 Å². The van der Waals surface area contributed by atoms with Crippen molar-refractivity contribution in [2.75, 3.05) is 13.7 Å². The Kier molecular flexibility index (Phi) is 4.48. The molecule has 2 aliphatic rings. The summed E-state index contributed by atoms with van der Waals surface area (Å²) in [5.41, 5.74) is 0.685. The summed E-state index contributed by atoms with van der Waals surface area (Å²) in [6.45, 7) is 2.49. The zero-order valence-corrected chi connectivity index (χ0v) is 13.0. The van der Waals surface area contributed by atoms with Crippen LogP contribution in [0.25, 0.3) is 0 Å². The molecule has 0 radical (unpaired) electrons. The zero-order chi connectivity index (χ0) is 15.7. The average molecular weight is 312 g/mol. The van der Waals surface area contributed by atoms with Crippen molar-refractivity contribution in [3.05, 3.63) is 35.4 Å². The minimum Gasteiger partial charge on any atom is -0.353 e. The van der Waals surface area contributed by atoms with Crippen molar-refractivity contribution < 1.29 is 23.0 Å². The number of halogens is 2. The van der Waals surface area contributed by atoms with Gasteiger partial charge < -0.3 is 14.2 Å². The van der Waals surface area contributed by atoms with Gasteiger partial charge in [-0.3, -0.25) is 0 Å². The van der Waals surface area contributed by atoms with E-state index in [1.54, 1.807) is 7.11 Å². The molecule has 1 aliphatic carbocycles. The van der Waals surface area contributed by atoms with E-state index in [1.807, 2.05) is 6.92 Å². The lowest BCUT2D eigenvalue weighted by molar-refractivity contribution is -0.282. The predicted octanol–water partition coefficient (Wildman–Crippen LogP) is 3.97. The van der Waals surface area contributed by atoms with Crippen molar-refractivity contribution in [3.63, 3.8) is 0 Å². The summed E-state index contributed by atoms with van der Waals surface area (Å²) in [4.78, 5) is 0. The number of hydrogen-bond acceptors (Lipinski definition) is 3. The maximum atomic E-state index is 13.6. The van der Waals surface area contributed by atoms with Gasteiger partial charge in [-0.2, -0.15) is 0 Å². The lowest BCUT2D eigenvalue weighted by Gasteiger charge is -2.41. The summed E-state index contributed by atoms with van der Waals surface area (Å²) in [5, 5.41) is 0. The molecule has 1 aromatic rings. The molecular formula is C17H22F2O3. The van der Waals surface area contributed by atoms with Crippen LogP contribution < -0.4 is 0 Å². The Hall–Kier alpha value is -1.04. The second-order valence-corrected chi connectivity index (χ2v) is 6.06. The Morgan fingerprint density at radius 2 is 2.00 bits per heavy atom. The molecule has 4 atom stereocenters. The molecule has 0 N–H and O–H groups in total. The molecule has 122 valence electrons. The largest absolute Gasteiger partial charge is 0.353 e. The van der Waals surface area contributed by atoms with Crippen molar-refractivity contribution in [2.24, 2.45) is 5.92 Å². The minimum atomic E-state index is -0.703. The highest BCUT2D eigenvalue weighted by molar-refractivity contribution is 5.24. The monoisotopic (exact) mass is 312 g/mol. The summed E-state index contributed by atoms with van der Waals surface area (Å²) in [7, 11) is 1.63. The summed E-state index contributed by atoms with van der Waals surface area (Å²) < 4.78 is 44.5. The third-order valence-corrected chi connectivity index (χ3v) is 4.88. The smallest absolute Gasteiger partial charge is 0.174 e. The lowest BCUT2D eigenvalue weighted by Crippen LogP contribution is -2.43. The third kappa shape index (κ3) is 2.77. The first kappa shape index (κ1) is 15.8. The molecule has 0 spiro atoms. The van der Waals surface area contributed by atoms with Crippen LogP contribution in [-0.2, 0) is 14.2 Å². The van der Waals surface area contributed by atoms with E-state index in [-0.39, 0.29) is 18.1 Å². The molecule has 1 aromatic carbocycles. The summed E-state index contributed by atoms with van der Waals surface area (Å²) in [5.74, 6) is -1.72. The molecule has 0 amide bonds. The summed E-state index contributed by atoms with van der Waals surface area (Å²) >= 11 is 0. The second kappa shape index (κ2) is 6.22. The van der Waals surface area contributed by atoms with Crippen LogP contribution in [0, 0.1) is 17.6 Å². The Morgan fingerprint density at radius 3 is 2.64 bits per heavy atom. The van der Waals surface area contributed by atoms with Crippen LogP contribution in [-0.4, -0.2) is 25.8 Å². The molecule has 0 bridgehead atoms. The molecule has 2 fully saturated rings. The molecule has 1 saturated carbocycles. The molecule has 22 heavy (non-hydrogen) atoms. The molecule has 1 aliphatic heterocycles. The van der Waals surface area contributed by atoms with Crippen molar-refractivity contribution in [1.82, 2.24) is 0 Å². The third-order valence-electron chi connectivity index (χ3n) is 4.88. The number of rotatable bonds is 4. The van der Waals surface area contributed by atoms with Gasteiger partial charge in [0.25, 0.3) is 0 Å². The van der Waals surface area contributed by atoms with Crippen LogP contribution in [0.2, 0.25) is 0 Å². The fraction of sp³-hybridized carbons (Fsp3) is 0.647. The van der Waals surface area contributed by atoms with Gasteiger partial charge in [-0.05, 0) is 43.4 Å². The fourth-order valence-corrected chi connectivity index (χ4v) is 4.01. The van der Waals surface area contributed by atoms with Gasteiger partial charge in [0.05, 0.1) is 0 Å². The van der Waals surface area contributed by atoms with Crippen LogP contribution >= 0.6 is 0 Å². The van der Waals surface area contributed by atoms with Crippen LogP contribution in [0.5, 0.6) is 0 Å². The van der Waals surface area contributed by atoms with Crippen LogP contribution in [0.4, 0.5) is 8.78 Å². The van der Waals surface area contributed by atoms with Crippen molar-refractivity contribution in [3.8, 4) is 0 Å². The SMILES string of the molecule is CCOC1CC2C(c3cc(F)cc(F)c3)CCCC2(OC)O1. The highest BCUT2D eigenvalue weighted by atomic mass is 19.1. The van der Waals surface area contributed by atoms with Gasteiger partial charge in [-0.1, -0.05) is 0 Å². The quantitative estimate of drug-likeness (QED) is 0.842. The number of methoxy groups -OCH3 is 1. The van der Waals surface area contributed by atoms with Gasteiger partial charge in [0.15, 0.2) is 12.1 Å². The fourth-order valence-electron chi connectivity index (χ4n) is 4.01. The van der Waals surface area contributed by atoms with E-state index >= 15 is 0 Å². The van der Waals surface area contributed by atoms with Gasteiger partial charge in [-0.15, -0.1) is 0 Å². The standard InChI is InChI=1S/C17H22F2O3/c1-3-21-16-10-15-14(5-4-6-17(15,20-2)22-16)11-7-12(18)9-13(19)8-11/h7-9,14-16H,3-6,10H2,1-2H3. The van der Waals surface area contributed by atoms with E-state index in [0.717, 1.165) is 25.3 Å². The van der Waals surface area contributed by atoms with Gasteiger partial charge in [0, 0.05) is 38.5 Å². The normalized spacial score (nSPS) is 34.6. The average Bonchev–Trinajstić information content (AvgIpc) is 2.85. The van der Waals surface area contributed by atoms with E-state index in [2.05, 4.69) is 0 Å². The first-order valence-corrected chi connectivity index (χ1v) is 7.88. The number of benzene rings is 1. The van der Waals surface area contributed by atoms with E-state index in [1.165, 1.54) is 12.1 Å². The Labute approximate surface area is 129 Å². The maximum absolute atomic E-state index is 13.6. The predicted molar refractivity (Wildman–Crippen MR) is 77.3 cm³/mol. The molecule has 1 heterocycles. The first-order chi connectivity index (χ1) is 10.6. The van der Waals surface area contributed by atoms with Gasteiger partial charge in [0.1, 0.15) is 11.6 Å². The van der Waals surface area contributed by atoms with Crippen molar-refractivity contribution in [2.45, 2.75) is 50.6 Å². The molecule has 3 rings (SSSR count). The number of fused-ring (bicyclic) bond motifs is 1. The molecule has 1 saturated heterocycles. The molecule has 0 aromatic heterocycles. The topological polar surface area (TPSA) is 27.7 Å². The van der Waals surface area contributed by atoms with E-state index < -0.39 is 17.4 Å². The van der Waals surface area contributed by atoms with E-state index in [0.29, 0.717) is 18.6 Å². The highest BCUT2D eigenvalue weighted by Crippen LogP contribution is 2.53. The molecule has 5 heteroatoms. The van der Waals surface area contributed by atoms with Crippen molar-refractivity contribution in [1.29, 1.82) is 0 Å². The Bertz CT molecular complexity index is 516. The second-order valence-electron chi connectivity index (χ2n) is 6.06. The molecule has 3 nitrogen and oxygen atoms in total.